The zero-order chi connectivity index (χ0) is 13.4. The highest BCUT2D eigenvalue weighted by molar-refractivity contribution is 5.93. The molecule has 0 unspecified atom stereocenters. The van der Waals surface area contributed by atoms with Gasteiger partial charge in [0.25, 0.3) is 0 Å². The first-order valence-electron chi connectivity index (χ1n) is 5.90. The molecular formula is C11H18N4O3. The zero-order valence-electron chi connectivity index (χ0n) is 10.6. The van der Waals surface area contributed by atoms with Gasteiger partial charge in [0, 0.05) is 19.2 Å². The van der Waals surface area contributed by atoms with Crippen LogP contribution < -0.4 is 10.6 Å². The van der Waals surface area contributed by atoms with Crippen LogP contribution >= 0.6 is 0 Å². The minimum absolute atomic E-state index is 0.00741. The summed E-state index contributed by atoms with van der Waals surface area (Å²) in [7, 11) is 0. The van der Waals surface area contributed by atoms with E-state index in [1.54, 1.807) is 0 Å². The summed E-state index contributed by atoms with van der Waals surface area (Å²) in [5, 5.41) is 8.77. The molecule has 0 spiro atoms. The molecule has 0 saturated heterocycles. The molecule has 18 heavy (non-hydrogen) atoms. The Morgan fingerprint density at radius 3 is 2.78 bits per heavy atom. The summed E-state index contributed by atoms with van der Waals surface area (Å²) in [6.45, 7) is 4.83. The molecule has 0 aliphatic rings. The fraction of sp³-hybridized carbons (Fsp3) is 0.545. The number of amides is 3. The van der Waals surface area contributed by atoms with E-state index in [-0.39, 0.29) is 18.5 Å². The molecule has 0 saturated carbocycles. The van der Waals surface area contributed by atoms with Crippen molar-refractivity contribution in [2.45, 2.75) is 20.3 Å². The standard InChI is InChI=1S/C11H18N4O3/c1-3-6-15(11(17)12-4-2)8-10(16)13-9-5-7-18-14-9/h5,7H,3-4,6,8H2,1-2H3,(H,12,17)(H,13,14,16). The molecule has 0 aliphatic carbocycles. The van der Waals surface area contributed by atoms with Crippen molar-refractivity contribution in [3.63, 3.8) is 0 Å². The third kappa shape index (κ3) is 4.44. The SMILES string of the molecule is CCCN(CC(=O)Nc1ccon1)C(=O)NCC. The molecule has 0 atom stereocenters. The van der Waals surface area contributed by atoms with Crippen molar-refractivity contribution in [2.75, 3.05) is 25.0 Å². The first kappa shape index (κ1) is 14.0. The molecule has 0 aromatic carbocycles. The van der Waals surface area contributed by atoms with Gasteiger partial charge in [-0.05, 0) is 13.3 Å². The first-order valence-corrected chi connectivity index (χ1v) is 5.90. The van der Waals surface area contributed by atoms with Gasteiger partial charge in [-0.15, -0.1) is 0 Å². The molecule has 0 bridgehead atoms. The van der Waals surface area contributed by atoms with Crippen LogP contribution in [-0.2, 0) is 4.79 Å². The van der Waals surface area contributed by atoms with Crippen molar-refractivity contribution in [2.24, 2.45) is 0 Å². The maximum atomic E-state index is 11.7. The molecule has 1 aromatic rings. The maximum Gasteiger partial charge on any atom is 0.317 e. The Bertz CT molecular complexity index is 378. The molecule has 0 aliphatic heterocycles. The van der Waals surface area contributed by atoms with E-state index in [1.165, 1.54) is 17.2 Å². The third-order valence-corrected chi connectivity index (χ3v) is 2.15. The van der Waals surface area contributed by atoms with E-state index in [1.807, 2.05) is 13.8 Å². The molecule has 1 aromatic heterocycles. The third-order valence-electron chi connectivity index (χ3n) is 2.15. The smallest absolute Gasteiger partial charge is 0.317 e. The van der Waals surface area contributed by atoms with Gasteiger partial charge >= 0.3 is 6.03 Å². The lowest BCUT2D eigenvalue weighted by Crippen LogP contribution is -2.44. The lowest BCUT2D eigenvalue weighted by Gasteiger charge is -2.21. The number of urea groups is 1. The molecule has 7 heteroatoms. The number of carbonyl (C=O) groups excluding carboxylic acids is 2. The minimum Gasteiger partial charge on any atom is -0.363 e. The van der Waals surface area contributed by atoms with Gasteiger partial charge in [-0.1, -0.05) is 12.1 Å². The summed E-state index contributed by atoms with van der Waals surface area (Å²) in [6, 6.07) is 1.29. The van der Waals surface area contributed by atoms with Crippen LogP contribution in [0.2, 0.25) is 0 Å². The average Bonchev–Trinajstić information content (AvgIpc) is 2.81. The van der Waals surface area contributed by atoms with E-state index in [0.29, 0.717) is 18.9 Å². The number of rotatable bonds is 6. The van der Waals surface area contributed by atoms with Crippen LogP contribution in [0.5, 0.6) is 0 Å². The summed E-state index contributed by atoms with van der Waals surface area (Å²) in [5.74, 6) is 0.0379. The highest BCUT2D eigenvalue weighted by atomic mass is 16.5. The van der Waals surface area contributed by atoms with Gasteiger partial charge in [0.05, 0.1) is 0 Å². The van der Waals surface area contributed by atoms with Gasteiger partial charge in [-0.25, -0.2) is 4.79 Å². The highest BCUT2D eigenvalue weighted by Crippen LogP contribution is 2.01. The predicted molar refractivity (Wildman–Crippen MR) is 66.1 cm³/mol. The fourth-order valence-corrected chi connectivity index (χ4v) is 1.42. The minimum atomic E-state index is -0.302. The largest absolute Gasteiger partial charge is 0.363 e. The number of nitrogens with one attached hydrogen (secondary N) is 2. The van der Waals surface area contributed by atoms with E-state index in [9.17, 15) is 9.59 Å². The van der Waals surface area contributed by atoms with Crippen molar-refractivity contribution in [3.8, 4) is 0 Å². The second-order valence-corrected chi connectivity index (χ2v) is 3.69. The van der Waals surface area contributed by atoms with Crippen LogP contribution in [0.15, 0.2) is 16.9 Å². The Morgan fingerprint density at radius 1 is 1.44 bits per heavy atom. The number of hydrogen-bond acceptors (Lipinski definition) is 4. The van der Waals surface area contributed by atoms with Gasteiger partial charge in [-0.2, -0.15) is 0 Å². The molecule has 100 valence electrons. The first-order chi connectivity index (χ1) is 8.67. The fourth-order valence-electron chi connectivity index (χ4n) is 1.42. The van der Waals surface area contributed by atoms with Gasteiger partial charge in [-0.3, -0.25) is 4.79 Å². The maximum absolute atomic E-state index is 11.7. The number of aromatic nitrogens is 1. The lowest BCUT2D eigenvalue weighted by molar-refractivity contribution is -0.116. The number of hydrogen-bond donors (Lipinski definition) is 2. The Morgan fingerprint density at radius 2 is 2.22 bits per heavy atom. The van der Waals surface area contributed by atoms with E-state index in [4.69, 9.17) is 0 Å². The van der Waals surface area contributed by atoms with Crippen LogP contribution in [0.3, 0.4) is 0 Å². The van der Waals surface area contributed by atoms with Crippen molar-refractivity contribution in [1.82, 2.24) is 15.4 Å². The van der Waals surface area contributed by atoms with Gasteiger partial charge in [0.1, 0.15) is 12.8 Å². The van der Waals surface area contributed by atoms with Crippen LogP contribution in [0, 0.1) is 0 Å². The zero-order valence-corrected chi connectivity index (χ0v) is 10.6. The Hall–Kier alpha value is -2.05. The van der Waals surface area contributed by atoms with Gasteiger partial charge in [0.15, 0.2) is 5.82 Å². The summed E-state index contributed by atoms with van der Waals surface area (Å²) in [5.41, 5.74) is 0. The molecule has 1 heterocycles. The molecule has 3 amide bonds. The van der Waals surface area contributed by atoms with Gasteiger partial charge < -0.3 is 20.1 Å². The normalized spacial score (nSPS) is 9.89. The summed E-state index contributed by atoms with van der Waals surface area (Å²) < 4.78 is 4.60. The van der Waals surface area contributed by atoms with Crippen LogP contribution in [0.1, 0.15) is 20.3 Å². The molecule has 7 nitrogen and oxygen atoms in total. The lowest BCUT2D eigenvalue weighted by atomic mass is 10.4. The van der Waals surface area contributed by atoms with Crippen LogP contribution in [-0.4, -0.2) is 41.6 Å². The Labute approximate surface area is 105 Å². The van der Waals surface area contributed by atoms with Crippen molar-refractivity contribution < 1.29 is 14.1 Å². The average molecular weight is 254 g/mol. The summed E-state index contributed by atoms with van der Waals surface area (Å²) >= 11 is 0. The number of nitrogens with zero attached hydrogens (tertiary/aromatic N) is 2. The van der Waals surface area contributed by atoms with Crippen LogP contribution in [0.4, 0.5) is 10.6 Å². The topological polar surface area (TPSA) is 87.5 Å². The molecule has 1 rings (SSSR count). The molecular weight excluding hydrogens is 236 g/mol. The van der Waals surface area contributed by atoms with E-state index in [0.717, 1.165) is 6.42 Å². The van der Waals surface area contributed by atoms with E-state index in [2.05, 4.69) is 20.3 Å². The van der Waals surface area contributed by atoms with Crippen molar-refractivity contribution in [1.29, 1.82) is 0 Å². The van der Waals surface area contributed by atoms with Gasteiger partial charge in [0.2, 0.25) is 5.91 Å². The Kier molecular flexibility index (Phi) is 5.69. The van der Waals surface area contributed by atoms with Crippen molar-refractivity contribution in [3.05, 3.63) is 12.3 Å². The Balaban J connectivity index is 2.49. The van der Waals surface area contributed by atoms with E-state index >= 15 is 0 Å². The molecule has 0 fully saturated rings. The second-order valence-electron chi connectivity index (χ2n) is 3.69. The highest BCUT2D eigenvalue weighted by Gasteiger charge is 2.16. The summed E-state index contributed by atoms with van der Waals surface area (Å²) in [6.07, 6.45) is 2.15. The quantitative estimate of drug-likeness (QED) is 0.794. The number of anilines is 1. The predicted octanol–water partition coefficient (Wildman–Crippen LogP) is 1.05. The molecule has 2 N–H and O–H groups in total. The summed E-state index contributed by atoms with van der Waals surface area (Å²) in [4.78, 5) is 24.8. The monoisotopic (exact) mass is 254 g/mol. The second kappa shape index (κ2) is 7.31. The number of carbonyl (C=O) groups is 2. The van der Waals surface area contributed by atoms with Crippen molar-refractivity contribution >= 4 is 17.8 Å². The van der Waals surface area contributed by atoms with E-state index < -0.39 is 0 Å². The molecule has 0 radical (unpaired) electrons. The van der Waals surface area contributed by atoms with Crippen LogP contribution in [0.25, 0.3) is 0 Å².